The van der Waals surface area contributed by atoms with E-state index in [2.05, 4.69) is 31.2 Å². The predicted octanol–water partition coefficient (Wildman–Crippen LogP) is 4.10. The number of hydrogen-bond donors (Lipinski definition) is 6. The number of anilines is 2. The van der Waals surface area contributed by atoms with Gasteiger partial charge in [-0.3, -0.25) is 38.5 Å². The molecular weight excluding hydrogens is 1150 g/mol. The Balaban J connectivity index is 0.802. The Morgan fingerprint density at radius 1 is 0.764 bits per heavy atom. The van der Waals surface area contributed by atoms with E-state index in [1.165, 1.54) is 28.1 Å². The maximum atomic E-state index is 14.7. The van der Waals surface area contributed by atoms with Gasteiger partial charge in [0.05, 0.1) is 75.7 Å². The van der Waals surface area contributed by atoms with Gasteiger partial charge in [0.15, 0.2) is 0 Å². The number of nitrogens with two attached hydrogens (primary N) is 1. The van der Waals surface area contributed by atoms with Crippen molar-refractivity contribution in [2.75, 3.05) is 88.7 Å². The average Bonchev–Trinajstić information content (AvgIpc) is 4.00. The van der Waals surface area contributed by atoms with E-state index in [4.69, 9.17) is 24.7 Å². The molecule has 3 aliphatic heterocycles. The highest BCUT2D eigenvalue weighted by Crippen LogP contribution is 2.33. The lowest BCUT2D eigenvalue weighted by Crippen LogP contribution is -2.62. The van der Waals surface area contributed by atoms with Crippen LogP contribution in [0, 0.1) is 5.92 Å². The molecule has 3 saturated heterocycles. The Hall–Kier alpha value is -8.94. The largest absolute Gasteiger partial charge is 0.480 e. The third kappa shape index (κ3) is 18.8. The van der Waals surface area contributed by atoms with Crippen LogP contribution in [0.4, 0.5) is 21.0 Å². The number of fused-ring (bicyclic) bond motifs is 2. The number of aromatic nitrogens is 2. The zero-order valence-corrected chi connectivity index (χ0v) is 50.6. The van der Waals surface area contributed by atoms with Gasteiger partial charge in [-0.15, -0.1) is 0 Å². The Morgan fingerprint density at radius 2 is 1.44 bits per heavy atom. The normalized spacial score (nSPS) is 18.1. The third-order valence-electron chi connectivity index (χ3n) is 15.7. The molecule has 0 aliphatic carbocycles. The van der Waals surface area contributed by atoms with E-state index in [9.17, 15) is 48.3 Å². The van der Waals surface area contributed by atoms with Crippen LogP contribution >= 0.6 is 0 Å². The molecule has 5 aromatic rings. The standard InChI is InChI=1S/C64H81N11O14/c1-64(2,3)89-63(85)69-51-41-72(29-26-47-20-23-52(75(47)61(51)83)59(81)68-50(22-24-54(65)76)58(80)70-57(43-13-6-4-7-14-43)44-15-8-5-9-16-44)62(84)67-27-31-86-33-35-88-36-34-87-32-30-74(48-21-25-55(77)73(40-48)42-56(78)79)60(82)46-18-12-28-71(39-46)53-38-66-37-45-17-10-11-19-49(45)53/h4-11,13-17,19,21,25,37-38,40,46-47,50-52,57H,12,18,20,22-24,26-36,39,41-42H2,1-3H3,(H2,65,76)(H,67,84)(H,68,81)(H,69,85)(H,70,80)(H,78,79)/t46-,47+,50-,51-,52-/m0/s1. The minimum Gasteiger partial charge on any atom is -0.480 e. The summed E-state index contributed by atoms with van der Waals surface area (Å²) < 4.78 is 23.9. The monoisotopic (exact) mass is 1230 g/mol. The van der Waals surface area contributed by atoms with Crippen LogP contribution in [0.1, 0.15) is 82.9 Å². The van der Waals surface area contributed by atoms with E-state index in [0.717, 1.165) is 45.1 Å². The van der Waals surface area contributed by atoms with Crippen molar-refractivity contribution in [3.8, 4) is 0 Å². The minimum atomic E-state index is -1.33. The van der Waals surface area contributed by atoms with E-state index in [1.54, 1.807) is 25.7 Å². The summed E-state index contributed by atoms with van der Waals surface area (Å²) in [4.78, 5) is 132. The molecule has 5 heterocycles. The topological polar surface area (TPSA) is 316 Å². The Kier molecular flexibility index (Phi) is 23.6. The molecule has 89 heavy (non-hydrogen) atoms. The van der Waals surface area contributed by atoms with Crippen molar-refractivity contribution < 1.29 is 62.4 Å². The molecule has 5 atom stereocenters. The summed E-state index contributed by atoms with van der Waals surface area (Å²) in [5.41, 5.74) is 6.97. The zero-order valence-electron chi connectivity index (χ0n) is 50.6. The van der Waals surface area contributed by atoms with Gasteiger partial charge in [-0.05, 0) is 76.5 Å². The molecule has 2 aromatic heterocycles. The minimum absolute atomic E-state index is 0.0959. The number of aliphatic carboxylic acids is 1. The van der Waals surface area contributed by atoms with Gasteiger partial charge >= 0.3 is 18.1 Å². The highest BCUT2D eigenvalue weighted by molar-refractivity contribution is 5.98. The predicted molar refractivity (Wildman–Crippen MR) is 329 cm³/mol. The third-order valence-corrected chi connectivity index (χ3v) is 15.7. The number of pyridine rings is 2. The van der Waals surface area contributed by atoms with E-state index in [1.807, 2.05) is 97.3 Å². The molecule has 0 bridgehead atoms. The number of hydrogen-bond acceptors (Lipinski definition) is 15. The Labute approximate surface area is 516 Å². The first-order chi connectivity index (χ1) is 42.8. The van der Waals surface area contributed by atoms with Crippen LogP contribution in [0.15, 0.2) is 120 Å². The van der Waals surface area contributed by atoms with Crippen LogP contribution in [0.3, 0.4) is 0 Å². The molecule has 3 fully saturated rings. The summed E-state index contributed by atoms with van der Waals surface area (Å²) in [5, 5.41) is 22.8. The summed E-state index contributed by atoms with van der Waals surface area (Å²) in [6.45, 7) is 6.71. The summed E-state index contributed by atoms with van der Waals surface area (Å²) >= 11 is 0. The van der Waals surface area contributed by atoms with Crippen LogP contribution in [0.25, 0.3) is 10.8 Å². The van der Waals surface area contributed by atoms with Crippen molar-refractivity contribution >= 4 is 69.8 Å². The molecule has 0 spiro atoms. The van der Waals surface area contributed by atoms with Crippen molar-refractivity contribution in [1.82, 2.24) is 40.6 Å². The number of piperidine rings is 1. The number of carbonyl (C=O) groups is 8. The maximum absolute atomic E-state index is 14.7. The van der Waals surface area contributed by atoms with Crippen LogP contribution in [-0.2, 0) is 54.3 Å². The van der Waals surface area contributed by atoms with E-state index in [0.29, 0.717) is 31.5 Å². The molecule has 476 valence electrons. The van der Waals surface area contributed by atoms with E-state index < -0.39 is 95.6 Å². The van der Waals surface area contributed by atoms with Crippen LogP contribution < -0.4 is 42.4 Å². The first-order valence-corrected chi connectivity index (χ1v) is 30.2. The van der Waals surface area contributed by atoms with Crippen LogP contribution in [0.5, 0.6) is 0 Å². The highest BCUT2D eigenvalue weighted by atomic mass is 16.6. The fourth-order valence-electron chi connectivity index (χ4n) is 11.4. The molecule has 7 N–H and O–H groups in total. The fourth-order valence-corrected chi connectivity index (χ4v) is 11.4. The van der Waals surface area contributed by atoms with Gasteiger partial charge < -0.3 is 75.2 Å². The first kappa shape index (κ1) is 66.0. The first-order valence-electron chi connectivity index (χ1n) is 30.2. The SMILES string of the molecule is CC(C)(C)OC(=O)N[C@H]1CN(C(=O)NCCOCCOCCOCCN(C(=O)[C@H]2CCCN(c3cncc4ccccc34)C2)c2ccc(=O)n(CC(=O)O)c2)CC[C@H]2CC[C@@H](C(=O)N[C@@H](CCC(N)=O)C(=O)NC(c3ccccc3)c3ccccc3)N2C1=O. The molecule has 0 saturated carbocycles. The number of carboxylic acid groups (broad SMARTS) is 1. The van der Waals surface area contributed by atoms with Gasteiger partial charge in [0.2, 0.25) is 29.5 Å². The molecular formula is C64H81N11O14. The summed E-state index contributed by atoms with van der Waals surface area (Å²) in [5.74, 6) is -4.27. The maximum Gasteiger partial charge on any atom is 0.408 e. The molecule has 8 amide bonds. The lowest BCUT2D eigenvalue weighted by Gasteiger charge is -2.39. The molecule has 0 radical (unpaired) electrons. The Morgan fingerprint density at radius 3 is 2.12 bits per heavy atom. The van der Waals surface area contributed by atoms with Crippen molar-refractivity contribution in [2.24, 2.45) is 11.7 Å². The molecule has 3 aliphatic rings. The van der Waals surface area contributed by atoms with Gasteiger partial charge in [0.1, 0.15) is 30.3 Å². The number of carbonyl (C=O) groups excluding carboxylic acids is 7. The molecule has 25 nitrogen and oxygen atoms in total. The van der Waals surface area contributed by atoms with Gasteiger partial charge in [-0.25, -0.2) is 9.59 Å². The number of alkyl carbamates (subject to hydrolysis) is 1. The number of benzene rings is 3. The summed E-state index contributed by atoms with van der Waals surface area (Å²) in [6.07, 6.45) is 6.07. The summed E-state index contributed by atoms with van der Waals surface area (Å²) in [6, 6.07) is 24.1. The van der Waals surface area contributed by atoms with Gasteiger partial charge in [-0.2, -0.15) is 0 Å². The highest BCUT2D eigenvalue weighted by Gasteiger charge is 2.46. The number of primary amides is 1. The molecule has 8 rings (SSSR count). The van der Waals surface area contributed by atoms with Gasteiger partial charge in [0, 0.05) is 74.4 Å². The molecule has 0 unspecified atom stereocenters. The van der Waals surface area contributed by atoms with Crippen molar-refractivity contribution in [3.63, 3.8) is 0 Å². The average molecular weight is 1230 g/mol. The lowest BCUT2D eigenvalue weighted by atomic mass is 9.95. The van der Waals surface area contributed by atoms with Crippen LogP contribution in [-0.4, -0.2) is 181 Å². The number of urea groups is 1. The van der Waals surface area contributed by atoms with E-state index >= 15 is 0 Å². The second-order valence-corrected chi connectivity index (χ2v) is 23.2. The lowest BCUT2D eigenvalue weighted by molar-refractivity contribution is -0.144. The smallest absolute Gasteiger partial charge is 0.408 e. The van der Waals surface area contributed by atoms with Crippen molar-refractivity contribution in [3.05, 3.63) is 137 Å². The van der Waals surface area contributed by atoms with Gasteiger partial charge in [-0.1, -0.05) is 84.9 Å². The Bertz CT molecular complexity index is 3270. The number of ether oxygens (including phenoxy) is 4. The van der Waals surface area contributed by atoms with Crippen LogP contribution in [0.2, 0.25) is 0 Å². The zero-order chi connectivity index (χ0) is 63.5. The molecule has 3 aromatic carbocycles. The number of carboxylic acids is 1. The quantitative estimate of drug-likeness (QED) is 0.0403. The number of nitrogens with one attached hydrogen (secondary N) is 4. The number of nitrogens with zero attached hydrogens (tertiary/aromatic N) is 6. The number of rotatable bonds is 27. The second kappa shape index (κ2) is 31.8. The van der Waals surface area contributed by atoms with Crippen molar-refractivity contribution in [2.45, 2.75) is 108 Å². The molecule has 25 heteroatoms. The second-order valence-electron chi connectivity index (χ2n) is 23.2. The number of amides is 8. The van der Waals surface area contributed by atoms with Crippen molar-refractivity contribution in [1.29, 1.82) is 0 Å². The fraction of sp³-hybridized carbons (Fsp3) is 0.469. The van der Waals surface area contributed by atoms with E-state index in [-0.39, 0.29) is 91.0 Å². The summed E-state index contributed by atoms with van der Waals surface area (Å²) in [7, 11) is 0. The van der Waals surface area contributed by atoms with Gasteiger partial charge in [0.25, 0.3) is 5.56 Å².